The van der Waals surface area contributed by atoms with Gasteiger partial charge in [0.2, 0.25) is 5.95 Å². The molecule has 2 rings (SSSR count). The number of nitrogens with zero attached hydrogens (tertiary/aromatic N) is 2. The van der Waals surface area contributed by atoms with Gasteiger partial charge < -0.3 is 16.2 Å². The monoisotopic (exact) mass is 232 g/mol. The molecular formula is C12H16N4O. The van der Waals surface area contributed by atoms with E-state index in [4.69, 9.17) is 5.73 Å². The molecule has 1 atom stereocenters. The maximum Gasteiger partial charge on any atom is 0.222 e. The van der Waals surface area contributed by atoms with Crippen molar-refractivity contribution in [1.29, 1.82) is 0 Å². The Kier molecular flexibility index (Phi) is 3.39. The van der Waals surface area contributed by atoms with E-state index in [-0.39, 0.29) is 18.6 Å². The van der Waals surface area contributed by atoms with Gasteiger partial charge in [0, 0.05) is 5.39 Å². The molecule has 5 nitrogen and oxygen atoms in total. The van der Waals surface area contributed by atoms with Crippen molar-refractivity contribution in [3.05, 3.63) is 24.3 Å². The molecule has 4 N–H and O–H groups in total. The molecule has 0 unspecified atom stereocenters. The molecule has 17 heavy (non-hydrogen) atoms. The molecule has 2 aromatic rings. The van der Waals surface area contributed by atoms with E-state index in [2.05, 4.69) is 15.3 Å². The van der Waals surface area contributed by atoms with Crippen LogP contribution in [0.2, 0.25) is 0 Å². The molecule has 0 saturated carbocycles. The first-order valence-electron chi connectivity index (χ1n) is 5.64. The van der Waals surface area contributed by atoms with Crippen LogP contribution in [0.1, 0.15) is 13.3 Å². The summed E-state index contributed by atoms with van der Waals surface area (Å²) in [5.41, 5.74) is 6.46. The van der Waals surface area contributed by atoms with Crippen molar-refractivity contribution in [2.45, 2.75) is 19.4 Å². The first-order chi connectivity index (χ1) is 8.24. The Labute approximate surface area is 99.7 Å². The number of aliphatic hydroxyl groups excluding tert-OH is 1. The minimum atomic E-state index is -0.0206. The minimum absolute atomic E-state index is 0.0206. The van der Waals surface area contributed by atoms with Crippen LogP contribution in [0.4, 0.5) is 11.8 Å². The zero-order valence-corrected chi connectivity index (χ0v) is 9.72. The quantitative estimate of drug-likeness (QED) is 0.742. The standard InChI is InChI=1S/C12H16N4O/c1-2-8(7-17)14-11-9-5-3-4-6-10(9)15-12(13)16-11/h3-6,8,17H,2,7H2,1H3,(H3,13,14,15,16)/t8-/m0/s1. The normalized spacial score (nSPS) is 12.6. The summed E-state index contributed by atoms with van der Waals surface area (Å²) in [6, 6.07) is 7.63. The highest BCUT2D eigenvalue weighted by atomic mass is 16.3. The lowest BCUT2D eigenvalue weighted by Crippen LogP contribution is -2.23. The van der Waals surface area contributed by atoms with Gasteiger partial charge in [0.15, 0.2) is 0 Å². The fraction of sp³-hybridized carbons (Fsp3) is 0.333. The molecule has 0 aliphatic rings. The van der Waals surface area contributed by atoms with E-state index >= 15 is 0 Å². The van der Waals surface area contributed by atoms with Crippen molar-refractivity contribution in [3.8, 4) is 0 Å². The first-order valence-corrected chi connectivity index (χ1v) is 5.64. The van der Waals surface area contributed by atoms with E-state index in [1.807, 2.05) is 31.2 Å². The van der Waals surface area contributed by atoms with Crippen molar-refractivity contribution in [2.75, 3.05) is 17.7 Å². The summed E-state index contributed by atoms with van der Waals surface area (Å²) in [7, 11) is 0. The summed E-state index contributed by atoms with van der Waals surface area (Å²) >= 11 is 0. The zero-order valence-electron chi connectivity index (χ0n) is 9.72. The van der Waals surface area contributed by atoms with Gasteiger partial charge in [0.1, 0.15) is 5.82 Å². The van der Waals surface area contributed by atoms with Crippen LogP contribution < -0.4 is 11.1 Å². The smallest absolute Gasteiger partial charge is 0.222 e. The van der Waals surface area contributed by atoms with Crippen molar-refractivity contribution < 1.29 is 5.11 Å². The van der Waals surface area contributed by atoms with Gasteiger partial charge in [0.05, 0.1) is 18.2 Å². The summed E-state index contributed by atoms with van der Waals surface area (Å²) < 4.78 is 0. The highest BCUT2D eigenvalue weighted by Crippen LogP contribution is 2.21. The van der Waals surface area contributed by atoms with Crippen molar-refractivity contribution in [1.82, 2.24) is 9.97 Å². The number of benzene rings is 1. The van der Waals surface area contributed by atoms with Crippen LogP contribution in [0.25, 0.3) is 10.9 Å². The lowest BCUT2D eigenvalue weighted by atomic mass is 10.2. The second-order valence-corrected chi connectivity index (χ2v) is 3.88. The van der Waals surface area contributed by atoms with Crippen LogP contribution >= 0.6 is 0 Å². The number of nitrogens with two attached hydrogens (primary N) is 1. The second kappa shape index (κ2) is 4.97. The molecule has 1 aromatic heterocycles. The number of rotatable bonds is 4. The van der Waals surface area contributed by atoms with Gasteiger partial charge in [0.25, 0.3) is 0 Å². The summed E-state index contributed by atoms with van der Waals surface area (Å²) in [5.74, 6) is 0.910. The molecule has 5 heteroatoms. The third-order valence-electron chi connectivity index (χ3n) is 2.67. The van der Waals surface area contributed by atoms with E-state index in [0.717, 1.165) is 17.3 Å². The van der Waals surface area contributed by atoms with Crippen LogP contribution in [-0.2, 0) is 0 Å². The molecule has 90 valence electrons. The highest BCUT2D eigenvalue weighted by Gasteiger charge is 2.09. The number of anilines is 2. The number of para-hydroxylation sites is 1. The van der Waals surface area contributed by atoms with Crippen LogP contribution in [0.3, 0.4) is 0 Å². The van der Waals surface area contributed by atoms with Crippen molar-refractivity contribution >= 4 is 22.7 Å². The molecule has 0 spiro atoms. The molecule has 0 bridgehead atoms. The molecular weight excluding hydrogens is 216 g/mol. The molecule has 0 radical (unpaired) electrons. The van der Waals surface area contributed by atoms with Crippen LogP contribution in [0, 0.1) is 0 Å². The summed E-state index contributed by atoms with van der Waals surface area (Å²) in [4.78, 5) is 8.34. The SMILES string of the molecule is CC[C@@H](CO)Nc1nc(N)nc2ccccc12. The maximum absolute atomic E-state index is 9.19. The van der Waals surface area contributed by atoms with Crippen LogP contribution in [-0.4, -0.2) is 27.7 Å². The number of fused-ring (bicyclic) bond motifs is 1. The third-order valence-corrected chi connectivity index (χ3v) is 2.67. The number of hydrogen-bond donors (Lipinski definition) is 3. The fourth-order valence-electron chi connectivity index (χ4n) is 1.67. The summed E-state index contributed by atoms with van der Waals surface area (Å²) in [6.45, 7) is 2.06. The Balaban J connectivity index is 2.44. The Hall–Kier alpha value is -1.88. The molecule has 1 aromatic carbocycles. The number of nitrogens with one attached hydrogen (secondary N) is 1. The molecule has 0 aliphatic carbocycles. The molecule has 0 saturated heterocycles. The van der Waals surface area contributed by atoms with Gasteiger partial charge >= 0.3 is 0 Å². The lowest BCUT2D eigenvalue weighted by Gasteiger charge is -2.16. The van der Waals surface area contributed by atoms with Gasteiger partial charge in [-0.05, 0) is 18.6 Å². The minimum Gasteiger partial charge on any atom is -0.394 e. The van der Waals surface area contributed by atoms with E-state index in [1.54, 1.807) is 0 Å². The van der Waals surface area contributed by atoms with Gasteiger partial charge in [-0.15, -0.1) is 0 Å². The number of hydrogen-bond acceptors (Lipinski definition) is 5. The fourth-order valence-corrected chi connectivity index (χ4v) is 1.67. The van der Waals surface area contributed by atoms with E-state index in [0.29, 0.717) is 5.82 Å². The molecule has 0 aliphatic heterocycles. The van der Waals surface area contributed by atoms with Gasteiger partial charge in [-0.25, -0.2) is 4.98 Å². The molecule has 0 fully saturated rings. The number of aromatic nitrogens is 2. The molecule has 1 heterocycles. The highest BCUT2D eigenvalue weighted by molar-refractivity contribution is 5.89. The Morgan fingerprint density at radius 2 is 2.12 bits per heavy atom. The number of aliphatic hydroxyl groups is 1. The lowest BCUT2D eigenvalue weighted by molar-refractivity contribution is 0.271. The van der Waals surface area contributed by atoms with Crippen LogP contribution in [0.15, 0.2) is 24.3 Å². The Morgan fingerprint density at radius 3 is 2.82 bits per heavy atom. The third kappa shape index (κ3) is 2.45. The average molecular weight is 232 g/mol. The average Bonchev–Trinajstić information content (AvgIpc) is 2.35. The summed E-state index contributed by atoms with van der Waals surface area (Å²) in [5, 5.41) is 13.3. The first kappa shape index (κ1) is 11.6. The van der Waals surface area contributed by atoms with Crippen molar-refractivity contribution in [3.63, 3.8) is 0 Å². The van der Waals surface area contributed by atoms with E-state index < -0.39 is 0 Å². The van der Waals surface area contributed by atoms with Gasteiger partial charge in [-0.1, -0.05) is 19.1 Å². The Bertz CT molecular complexity index is 511. The zero-order chi connectivity index (χ0) is 12.3. The van der Waals surface area contributed by atoms with E-state index in [9.17, 15) is 5.11 Å². The predicted molar refractivity (Wildman–Crippen MR) is 68.7 cm³/mol. The number of nitrogen functional groups attached to an aromatic ring is 1. The largest absolute Gasteiger partial charge is 0.394 e. The van der Waals surface area contributed by atoms with Crippen LogP contribution in [0.5, 0.6) is 0 Å². The Morgan fingerprint density at radius 1 is 1.35 bits per heavy atom. The maximum atomic E-state index is 9.19. The predicted octanol–water partition coefficient (Wildman–Crippen LogP) is 1.39. The topological polar surface area (TPSA) is 84.1 Å². The van der Waals surface area contributed by atoms with Crippen molar-refractivity contribution in [2.24, 2.45) is 0 Å². The van der Waals surface area contributed by atoms with Gasteiger partial charge in [-0.2, -0.15) is 4.98 Å². The van der Waals surface area contributed by atoms with Gasteiger partial charge in [-0.3, -0.25) is 0 Å². The second-order valence-electron chi connectivity index (χ2n) is 3.88. The summed E-state index contributed by atoms with van der Waals surface area (Å²) in [6.07, 6.45) is 0.814. The molecule has 0 amide bonds. The van der Waals surface area contributed by atoms with E-state index in [1.165, 1.54) is 0 Å².